The fraction of sp³-hybridized carbons (Fsp3) is 0.562. The monoisotopic (exact) mass is 276 g/mol. The van der Waals surface area contributed by atoms with Crippen LogP contribution >= 0.6 is 0 Å². The van der Waals surface area contributed by atoms with E-state index in [1.165, 1.54) is 7.11 Å². The molecule has 4 nitrogen and oxygen atoms in total. The van der Waals surface area contributed by atoms with Crippen molar-refractivity contribution in [2.24, 2.45) is 0 Å². The number of benzene rings is 1. The van der Waals surface area contributed by atoms with E-state index < -0.39 is 0 Å². The van der Waals surface area contributed by atoms with Gasteiger partial charge in [-0.1, -0.05) is 18.6 Å². The number of likely N-dealkylation sites (tertiary alicyclic amines) is 1. The molecule has 2 rings (SSSR count). The molecule has 0 radical (unpaired) electrons. The quantitative estimate of drug-likeness (QED) is 0.859. The number of carbonyl (C=O) groups is 1. The molecule has 1 N–H and O–H groups in total. The van der Waals surface area contributed by atoms with Crippen LogP contribution in [0, 0.1) is 6.92 Å². The lowest BCUT2D eigenvalue weighted by molar-refractivity contribution is 0.0601. The van der Waals surface area contributed by atoms with Gasteiger partial charge in [0.1, 0.15) is 0 Å². The number of nitrogens with zero attached hydrogens (tertiary/aromatic N) is 1. The summed E-state index contributed by atoms with van der Waals surface area (Å²) in [6.07, 6.45) is 2.23. The Balaban J connectivity index is 2.07. The molecule has 1 aliphatic heterocycles. The van der Waals surface area contributed by atoms with Crippen molar-refractivity contribution < 1.29 is 9.53 Å². The van der Waals surface area contributed by atoms with Gasteiger partial charge in [-0.15, -0.1) is 0 Å². The van der Waals surface area contributed by atoms with Gasteiger partial charge in [-0.25, -0.2) is 4.79 Å². The Morgan fingerprint density at radius 2 is 2.10 bits per heavy atom. The third kappa shape index (κ3) is 3.51. The number of hydrogen-bond donors (Lipinski definition) is 1. The average molecular weight is 276 g/mol. The molecule has 1 aliphatic rings. The van der Waals surface area contributed by atoms with Crippen molar-refractivity contribution in [2.45, 2.75) is 32.7 Å². The van der Waals surface area contributed by atoms with Gasteiger partial charge in [0, 0.05) is 24.8 Å². The molecule has 4 heteroatoms. The van der Waals surface area contributed by atoms with Crippen molar-refractivity contribution in [2.75, 3.05) is 32.1 Å². The zero-order valence-electron chi connectivity index (χ0n) is 12.6. The second kappa shape index (κ2) is 6.75. The summed E-state index contributed by atoms with van der Waals surface area (Å²) < 4.78 is 4.87. The van der Waals surface area contributed by atoms with Gasteiger partial charge in [0.15, 0.2) is 0 Å². The Bertz CT molecular complexity index is 466. The second-order valence-corrected chi connectivity index (χ2v) is 5.39. The molecule has 110 valence electrons. The minimum absolute atomic E-state index is 0.276. The van der Waals surface area contributed by atoms with Crippen LogP contribution < -0.4 is 5.32 Å². The van der Waals surface area contributed by atoms with Crippen LogP contribution in [0.25, 0.3) is 0 Å². The zero-order valence-corrected chi connectivity index (χ0v) is 12.6. The number of anilines is 1. The lowest BCUT2D eigenvalue weighted by atomic mass is 10.0. The molecule has 1 aromatic carbocycles. The summed E-state index contributed by atoms with van der Waals surface area (Å²) in [7, 11) is 1.42. The summed E-state index contributed by atoms with van der Waals surface area (Å²) in [6.45, 7) is 7.53. The van der Waals surface area contributed by atoms with Crippen LogP contribution in [0.4, 0.5) is 5.69 Å². The molecule has 1 saturated heterocycles. The van der Waals surface area contributed by atoms with Gasteiger partial charge in [0.25, 0.3) is 0 Å². The number of rotatable bonds is 4. The van der Waals surface area contributed by atoms with Gasteiger partial charge in [0.05, 0.1) is 12.7 Å². The molecule has 0 amide bonds. The third-order valence-electron chi connectivity index (χ3n) is 3.97. The van der Waals surface area contributed by atoms with Crippen LogP contribution in [0.3, 0.4) is 0 Å². The highest BCUT2D eigenvalue weighted by atomic mass is 16.5. The molecule has 0 unspecified atom stereocenters. The number of esters is 1. The maximum Gasteiger partial charge on any atom is 0.339 e. The number of methoxy groups -OCH3 is 1. The van der Waals surface area contributed by atoms with Crippen LogP contribution in [0.15, 0.2) is 18.2 Å². The minimum atomic E-state index is -0.276. The Kier molecular flexibility index (Phi) is 5.01. The second-order valence-electron chi connectivity index (χ2n) is 5.39. The van der Waals surface area contributed by atoms with Crippen molar-refractivity contribution in [3.05, 3.63) is 29.3 Å². The summed E-state index contributed by atoms with van der Waals surface area (Å²) in [5.74, 6) is -0.276. The summed E-state index contributed by atoms with van der Waals surface area (Å²) in [5.41, 5.74) is 2.58. The van der Waals surface area contributed by atoms with Gasteiger partial charge in [-0.3, -0.25) is 0 Å². The molecule has 20 heavy (non-hydrogen) atoms. The van der Waals surface area contributed by atoms with Crippen LogP contribution in [0.1, 0.15) is 35.7 Å². The Labute approximate surface area is 121 Å². The number of carbonyl (C=O) groups excluding carboxylic acids is 1. The number of piperidine rings is 1. The molecule has 0 saturated carbocycles. The summed E-state index contributed by atoms with van der Waals surface area (Å²) in [5, 5.41) is 3.51. The molecule has 0 atom stereocenters. The largest absolute Gasteiger partial charge is 0.465 e. The molecule has 0 aliphatic carbocycles. The van der Waals surface area contributed by atoms with Crippen molar-refractivity contribution in [1.82, 2.24) is 4.90 Å². The highest BCUT2D eigenvalue weighted by molar-refractivity contribution is 5.95. The van der Waals surface area contributed by atoms with Crippen molar-refractivity contribution in [3.63, 3.8) is 0 Å². The number of nitrogens with one attached hydrogen (secondary N) is 1. The number of hydrogen-bond acceptors (Lipinski definition) is 4. The first-order valence-corrected chi connectivity index (χ1v) is 7.32. The minimum Gasteiger partial charge on any atom is -0.465 e. The van der Waals surface area contributed by atoms with E-state index in [0.717, 1.165) is 43.7 Å². The van der Waals surface area contributed by atoms with Gasteiger partial charge < -0.3 is 15.0 Å². The first-order valence-electron chi connectivity index (χ1n) is 7.32. The normalized spacial score (nSPS) is 16.9. The third-order valence-corrected chi connectivity index (χ3v) is 3.97. The molecule has 0 spiro atoms. The topological polar surface area (TPSA) is 41.6 Å². The molecule has 1 fully saturated rings. The van der Waals surface area contributed by atoms with E-state index in [2.05, 4.69) is 17.1 Å². The molecule has 1 aromatic rings. The van der Waals surface area contributed by atoms with Crippen LogP contribution in [-0.4, -0.2) is 43.7 Å². The fourth-order valence-electron chi connectivity index (χ4n) is 2.68. The van der Waals surface area contributed by atoms with Crippen LogP contribution in [0.2, 0.25) is 0 Å². The highest BCUT2D eigenvalue weighted by Gasteiger charge is 2.20. The molecular weight excluding hydrogens is 252 g/mol. The Morgan fingerprint density at radius 3 is 2.70 bits per heavy atom. The van der Waals surface area contributed by atoms with Crippen LogP contribution in [0.5, 0.6) is 0 Å². The van der Waals surface area contributed by atoms with E-state index in [9.17, 15) is 4.79 Å². The van der Waals surface area contributed by atoms with Gasteiger partial charge in [0.2, 0.25) is 0 Å². The summed E-state index contributed by atoms with van der Waals surface area (Å²) >= 11 is 0. The fourth-order valence-corrected chi connectivity index (χ4v) is 2.68. The van der Waals surface area contributed by atoms with Gasteiger partial charge in [-0.05, 0) is 38.4 Å². The molecule has 0 aromatic heterocycles. The van der Waals surface area contributed by atoms with Crippen LogP contribution in [-0.2, 0) is 4.74 Å². The number of aryl methyl sites for hydroxylation is 1. The average Bonchev–Trinajstić information content (AvgIpc) is 2.49. The number of ether oxygens (including phenoxy) is 1. The first kappa shape index (κ1) is 14.9. The summed E-state index contributed by atoms with van der Waals surface area (Å²) in [6, 6.07) is 6.32. The lowest BCUT2D eigenvalue weighted by Gasteiger charge is -2.32. The summed E-state index contributed by atoms with van der Waals surface area (Å²) in [4.78, 5) is 14.3. The molecule has 1 heterocycles. The zero-order chi connectivity index (χ0) is 14.5. The SMILES string of the molecule is CCN1CCC(Nc2ccc(C)cc2C(=O)OC)CC1. The van der Waals surface area contributed by atoms with E-state index in [-0.39, 0.29) is 5.97 Å². The first-order chi connectivity index (χ1) is 9.63. The Hall–Kier alpha value is -1.55. The molecular formula is C16H24N2O2. The standard InChI is InChI=1S/C16H24N2O2/c1-4-18-9-7-13(8-10-18)17-15-6-5-12(2)11-14(15)16(19)20-3/h5-6,11,13,17H,4,7-10H2,1-3H3. The van der Waals surface area contributed by atoms with Crippen molar-refractivity contribution in [3.8, 4) is 0 Å². The van der Waals surface area contributed by atoms with E-state index in [4.69, 9.17) is 4.74 Å². The Morgan fingerprint density at radius 1 is 1.40 bits per heavy atom. The molecule has 0 bridgehead atoms. The lowest BCUT2D eigenvalue weighted by Crippen LogP contribution is -2.39. The van der Waals surface area contributed by atoms with Crippen molar-refractivity contribution >= 4 is 11.7 Å². The smallest absolute Gasteiger partial charge is 0.339 e. The maximum atomic E-state index is 11.9. The van der Waals surface area contributed by atoms with E-state index in [0.29, 0.717) is 11.6 Å². The van der Waals surface area contributed by atoms with E-state index in [1.54, 1.807) is 0 Å². The van der Waals surface area contributed by atoms with E-state index >= 15 is 0 Å². The highest BCUT2D eigenvalue weighted by Crippen LogP contribution is 2.22. The van der Waals surface area contributed by atoms with E-state index in [1.807, 2.05) is 25.1 Å². The van der Waals surface area contributed by atoms with Gasteiger partial charge in [-0.2, -0.15) is 0 Å². The predicted octanol–water partition coefficient (Wildman–Crippen LogP) is 2.68. The predicted molar refractivity (Wildman–Crippen MR) is 81.3 cm³/mol. The van der Waals surface area contributed by atoms with Gasteiger partial charge >= 0.3 is 5.97 Å². The van der Waals surface area contributed by atoms with Crippen molar-refractivity contribution in [1.29, 1.82) is 0 Å². The maximum absolute atomic E-state index is 11.9.